The normalized spacial score (nSPS) is 18.5. The first kappa shape index (κ1) is 21.7. The molecule has 2 aromatic rings. The first-order valence-corrected chi connectivity index (χ1v) is 10.1. The number of amides is 1. The summed E-state index contributed by atoms with van der Waals surface area (Å²) in [4.78, 5) is 50.3. The van der Waals surface area contributed by atoms with Crippen molar-refractivity contribution in [2.75, 3.05) is 13.7 Å². The Morgan fingerprint density at radius 3 is 2.47 bits per heavy atom. The molecule has 0 aliphatic heterocycles. The molecule has 1 aliphatic rings. The minimum atomic E-state index is -1.17. The van der Waals surface area contributed by atoms with Crippen LogP contribution in [-0.4, -0.2) is 42.5 Å². The highest BCUT2D eigenvalue weighted by atomic mass is 35.5. The minimum Gasteiger partial charge on any atom is -0.452 e. The van der Waals surface area contributed by atoms with Crippen molar-refractivity contribution in [1.82, 2.24) is 4.90 Å². The van der Waals surface area contributed by atoms with Crippen molar-refractivity contribution in [3.8, 4) is 0 Å². The van der Waals surface area contributed by atoms with E-state index in [1.807, 2.05) is 0 Å². The van der Waals surface area contributed by atoms with Gasteiger partial charge in [-0.05, 0) is 37.5 Å². The van der Waals surface area contributed by atoms with Crippen LogP contribution in [0.5, 0.6) is 0 Å². The number of ketones is 1. The van der Waals surface area contributed by atoms with Gasteiger partial charge in [-0.15, -0.1) is 0 Å². The molecule has 1 saturated carbocycles. The number of nitrogens with zero attached hydrogens (tertiary/aromatic N) is 1. The third kappa shape index (κ3) is 4.14. The van der Waals surface area contributed by atoms with Crippen LogP contribution in [0.15, 0.2) is 48.5 Å². The molecule has 0 bridgehead atoms. The van der Waals surface area contributed by atoms with E-state index < -0.39 is 24.0 Å². The highest BCUT2D eigenvalue weighted by molar-refractivity contribution is 6.31. The van der Waals surface area contributed by atoms with E-state index in [1.54, 1.807) is 31.3 Å². The maximum Gasteiger partial charge on any atom is 0.338 e. The standard InChI is InChI=1S/C23H22ClNO5/c1-25(21(28)15-30-22(29)17-11-9-16(14-26)10-12-17)23(13-5-4-8-20(23)27)18-6-2-3-7-19(18)24/h2-3,6-7,9-12,14H,4-5,8,13,15H2,1H3. The van der Waals surface area contributed by atoms with E-state index in [1.165, 1.54) is 29.2 Å². The summed E-state index contributed by atoms with van der Waals surface area (Å²) in [6, 6.07) is 12.9. The van der Waals surface area contributed by atoms with Gasteiger partial charge in [0, 0.05) is 29.6 Å². The fourth-order valence-corrected chi connectivity index (χ4v) is 4.14. The minimum absolute atomic E-state index is 0.0755. The van der Waals surface area contributed by atoms with Crippen LogP contribution in [0.25, 0.3) is 0 Å². The Labute approximate surface area is 179 Å². The molecule has 7 heteroatoms. The van der Waals surface area contributed by atoms with Crippen molar-refractivity contribution in [1.29, 1.82) is 0 Å². The predicted octanol–water partition coefficient (Wildman–Crippen LogP) is 3.81. The Hall–Kier alpha value is -2.99. The summed E-state index contributed by atoms with van der Waals surface area (Å²) in [7, 11) is 1.54. The van der Waals surface area contributed by atoms with E-state index in [2.05, 4.69) is 0 Å². The first-order valence-electron chi connectivity index (χ1n) is 9.67. The number of esters is 1. The second-order valence-corrected chi connectivity index (χ2v) is 7.65. The van der Waals surface area contributed by atoms with Crippen molar-refractivity contribution < 1.29 is 23.9 Å². The van der Waals surface area contributed by atoms with E-state index in [-0.39, 0.29) is 11.3 Å². The maximum absolute atomic E-state index is 13.0. The highest BCUT2D eigenvalue weighted by Crippen LogP contribution is 2.42. The maximum atomic E-state index is 13.0. The number of rotatable bonds is 6. The number of hydrogen-bond acceptors (Lipinski definition) is 5. The number of likely N-dealkylation sites (N-methyl/N-ethyl adjacent to an activating group) is 1. The smallest absolute Gasteiger partial charge is 0.338 e. The Bertz CT molecular complexity index is 972. The quantitative estimate of drug-likeness (QED) is 0.517. The summed E-state index contributed by atoms with van der Waals surface area (Å²) >= 11 is 6.39. The number of ether oxygens (including phenoxy) is 1. The van der Waals surface area contributed by atoms with Gasteiger partial charge in [-0.25, -0.2) is 4.79 Å². The lowest BCUT2D eigenvalue weighted by Crippen LogP contribution is -2.55. The monoisotopic (exact) mass is 427 g/mol. The molecule has 6 nitrogen and oxygen atoms in total. The van der Waals surface area contributed by atoms with Crippen LogP contribution < -0.4 is 0 Å². The molecular formula is C23H22ClNO5. The van der Waals surface area contributed by atoms with Gasteiger partial charge in [-0.1, -0.05) is 41.9 Å². The molecule has 1 aliphatic carbocycles. The van der Waals surface area contributed by atoms with Gasteiger partial charge in [0.1, 0.15) is 11.8 Å². The van der Waals surface area contributed by atoms with E-state index >= 15 is 0 Å². The Balaban J connectivity index is 1.79. The van der Waals surface area contributed by atoms with E-state index in [4.69, 9.17) is 16.3 Å². The fraction of sp³-hybridized carbons (Fsp3) is 0.304. The van der Waals surface area contributed by atoms with Gasteiger partial charge in [0.05, 0.1) is 5.56 Å². The van der Waals surface area contributed by atoms with Crippen molar-refractivity contribution in [3.05, 3.63) is 70.2 Å². The Kier molecular flexibility index (Phi) is 6.67. The molecule has 3 rings (SSSR count). The van der Waals surface area contributed by atoms with Crippen molar-refractivity contribution in [3.63, 3.8) is 0 Å². The molecule has 1 atom stereocenters. The summed E-state index contributed by atoms with van der Waals surface area (Å²) < 4.78 is 5.16. The van der Waals surface area contributed by atoms with Crippen LogP contribution in [0, 0.1) is 0 Å². The summed E-state index contributed by atoms with van der Waals surface area (Å²) in [5.74, 6) is -1.26. The lowest BCUT2D eigenvalue weighted by molar-refractivity contribution is -0.150. The van der Waals surface area contributed by atoms with Crippen LogP contribution >= 0.6 is 11.6 Å². The van der Waals surface area contributed by atoms with Gasteiger partial charge in [-0.3, -0.25) is 14.4 Å². The van der Waals surface area contributed by atoms with Gasteiger partial charge in [0.15, 0.2) is 12.4 Å². The van der Waals surface area contributed by atoms with Crippen molar-refractivity contribution in [2.45, 2.75) is 31.2 Å². The SMILES string of the molecule is CN(C(=O)COC(=O)c1ccc(C=O)cc1)C1(c2ccccc2Cl)CCCCC1=O. The summed E-state index contributed by atoms with van der Waals surface area (Å²) in [6.45, 7) is -0.510. The lowest BCUT2D eigenvalue weighted by atomic mass is 9.74. The Morgan fingerprint density at radius 1 is 1.13 bits per heavy atom. The molecule has 2 aromatic carbocycles. The largest absolute Gasteiger partial charge is 0.452 e. The Morgan fingerprint density at radius 2 is 1.83 bits per heavy atom. The topological polar surface area (TPSA) is 80.8 Å². The summed E-state index contributed by atoms with van der Waals surface area (Å²) in [6.07, 6.45) is 3.02. The predicted molar refractivity (Wildman–Crippen MR) is 111 cm³/mol. The molecule has 0 heterocycles. The second kappa shape index (κ2) is 9.22. The third-order valence-electron chi connectivity index (χ3n) is 5.53. The fourth-order valence-electron chi connectivity index (χ4n) is 3.85. The zero-order valence-corrected chi connectivity index (χ0v) is 17.4. The average Bonchev–Trinajstić information content (AvgIpc) is 2.77. The van der Waals surface area contributed by atoms with Crippen LogP contribution in [-0.2, 0) is 19.9 Å². The number of carbonyl (C=O) groups excluding carboxylic acids is 4. The number of benzene rings is 2. The number of carbonyl (C=O) groups is 4. The molecule has 0 N–H and O–H groups in total. The van der Waals surface area contributed by atoms with Gasteiger partial charge in [0.2, 0.25) is 0 Å². The highest BCUT2D eigenvalue weighted by Gasteiger charge is 2.48. The number of Topliss-reactive ketones (excluding diaryl/α,β-unsaturated/α-hetero) is 1. The number of aldehydes is 1. The molecule has 156 valence electrons. The molecule has 0 radical (unpaired) electrons. The lowest BCUT2D eigenvalue weighted by Gasteiger charge is -2.43. The first-order chi connectivity index (χ1) is 14.4. The van der Waals surface area contributed by atoms with E-state index in [0.717, 1.165) is 12.8 Å². The summed E-state index contributed by atoms with van der Waals surface area (Å²) in [5, 5.41) is 0.416. The van der Waals surface area contributed by atoms with Crippen molar-refractivity contribution >= 4 is 35.5 Å². The number of hydrogen-bond donors (Lipinski definition) is 0. The molecule has 1 unspecified atom stereocenters. The summed E-state index contributed by atoms with van der Waals surface area (Å²) in [5.41, 5.74) is 0.0690. The van der Waals surface area contributed by atoms with Gasteiger partial charge >= 0.3 is 5.97 Å². The molecule has 0 spiro atoms. The average molecular weight is 428 g/mol. The molecule has 30 heavy (non-hydrogen) atoms. The zero-order chi connectivity index (χ0) is 21.7. The number of halogens is 1. The molecule has 1 fully saturated rings. The van der Waals surface area contributed by atoms with Gasteiger partial charge in [-0.2, -0.15) is 0 Å². The van der Waals surface area contributed by atoms with Crippen LogP contribution in [0.3, 0.4) is 0 Å². The molecule has 1 amide bonds. The molecular weight excluding hydrogens is 406 g/mol. The third-order valence-corrected chi connectivity index (χ3v) is 5.86. The molecule has 0 saturated heterocycles. The van der Waals surface area contributed by atoms with Gasteiger partial charge < -0.3 is 9.64 Å². The van der Waals surface area contributed by atoms with Crippen LogP contribution in [0.2, 0.25) is 5.02 Å². The van der Waals surface area contributed by atoms with E-state index in [9.17, 15) is 19.2 Å². The molecule has 0 aromatic heterocycles. The zero-order valence-electron chi connectivity index (χ0n) is 16.6. The van der Waals surface area contributed by atoms with Gasteiger partial charge in [0.25, 0.3) is 5.91 Å². The van der Waals surface area contributed by atoms with Crippen molar-refractivity contribution in [2.24, 2.45) is 0 Å². The van der Waals surface area contributed by atoms with Crippen LogP contribution in [0.4, 0.5) is 0 Å². The van der Waals surface area contributed by atoms with Crippen LogP contribution in [0.1, 0.15) is 52.0 Å². The second-order valence-electron chi connectivity index (χ2n) is 7.24. The van der Waals surface area contributed by atoms with E-state index in [0.29, 0.717) is 35.3 Å².